The van der Waals surface area contributed by atoms with E-state index in [-0.39, 0.29) is 0 Å². The Kier molecular flexibility index (Phi) is 4.43. The van der Waals surface area contributed by atoms with Gasteiger partial charge in [0.2, 0.25) is 0 Å². The summed E-state index contributed by atoms with van der Waals surface area (Å²) in [4.78, 5) is 10.0. The summed E-state index contributed by atoms with van der Waals surface area (Å²) in [6.45, 7) is 6.52. The monoisotopic (exact) mass is 359 g/mol. The van der Waals surface area contributed by atoms with Crippen LogP contribution in [0.4, 0.5) is 11.5 Å². The van der Waals surface area contributed by atoms with Gasteiger partial charge in [0.1, 0.15) is 17.0 Å². The number of rotatable bonds is 4. The zero-order valence-electron chi connectivity index (χ0n) is 15.2. The normalized spacial score (nSPS) is 11.2. The highest BCUT2D eigenvalue weighted by molar-refractivity contribution is 7.17. The van der Waals surface area contributed by atoms with Gasteiger partial charge in [-0.15, -0.1) is 11.3 Å². The van der Waals surface area contributed by atoms with E-state index in [0.717, 1.165) is 21.7 Å². The molecule has 0 unspecified atom stereocenters. The van der Waals surface area contributed by atoms with Crippen molar-refractivity contribution in [2.75, 3.05) is 5.32 Å². The Hall–Kier alpha value is -2.72. The maximum absolute atomic E-state index is 4.56. The summed E-state index contributed by atoms with van der Waals surface area (Å²) in [5.74, 6) is 1.30. The predicted molar refractivity (Wildman–Crippen MR) is 111 cm³/mol. The minimum atomic E-state index is 0.440. The van der Waals surface area contributed by atoms with Crippen LogP contribution in [-0.4, -0.2) is 9.97 Å². The van der Waals surface area contributed by atoms with Crippen LogP contribution in [0.5, 0.6) is 0 Å². The van der Waals surface area contributed by atoms with Gasteiger partial charge in [-0.2, -0.15) is 0 Å². The Morgan fingerprint density at radius 3 is 2.50 bits per heavy atom. The lowest BCUT2D eigenvalue weighted by molar-refractivity contribution is 0.869. The van der Waals surface area contributed by atoms with Gasteiger partial charge in [-0.1, -0.05) is 61.9 Å². The number of hydrogen-bond donors (Lipinski definition) is 1. The fraction of sp³-hybridized carbons (Fsp3) is 0.182. The molecule has 0 aliphatic rings. The van der Waals surface area contributed by atoms with Gasteiger partial charge in [-0.25, -0.2) is 9.97 Å². The van der Waals surface area contributed by atoms with Crippen molar-refractivity contribution >= 4 is 33.1 Å². The largest absolute Gasteiger partial charge is 0.339 e. The van der Waals surface area contributed by atoms with Crippen LogP contribution in [0.2, 0.25) is 0 Å². The molecule has 0 atom stereocenters. The van der Waals surface area contributed by atoms with Crippen LogP contribution in [0.15, 0.2) is 60.2 Å². The van der Waals surface area contributed by atoms with Crippen molar-refractivity contribution in [3.63, 3.8) is 0 Å². The number of para-hydroxylation sites is 1. The molecule has 1 N–H and O–H groups in total. The van der Waals surface area contributed by atoms with Gasteiger partial charge in [0.05, 0.1) is 5.39 Å². The Balaban J connectivity index is 1.84. The van der Waals surface area contributed by atoms with E-state index in [1.165, 1.54) is 22.3 Å². The molecular formula is C22H21N3S. The maximum Gasteiger partial charge on any atom is 0.143 e. The summed E-state index contributed by atoms with van der Waals surface area (Å²) in [7, 11) is 0. The highest BCUT2D eigenvalue weighted by atomic mass is 32.1. The second-order valence-corrected chi connectivity index (χ2v) is 7.64. The zero-order chi connectivity index (χ0) is 18.1. The molecule has 0 amide bonds. The molecule has 2 aromatic heterocycles. The fourth-order valence-corrected chi connectivity index (χ4v) is 4.07. The third-order valence-electron chi connectivity index (χ3n) is 4.57. The van der Waals surface area contributed by atoms with Gasteiger partial charge in [0.15, 0.2) is 0 Å². The van der Waals surface area contributed by atoms with Crippen LogP contribution < -0.4 is 5.32 Å². The first-order chi connectivity index (χ1) is 12.6. The number of thiophene rings is 1. The van der Waals surface area contributed by atoms with Crippen molar-refractivity contribution < 1.29 is 0 Å². The SMILES string of the molecule is Cc1ccc(-c2csc3ncnc(Nc4ccccc4C(C)C)c23)cc1. The molecule has 0 aliphatic carbocycles. The zero-order valence-corrected chi connectivity index (χ0v) is 16.0. The fourth-order valence-electron chi connectivity index (χ4n) is 3.16. The van der Waals surface area contributed by atoms with Crippen LogP contribution in [0.1, 0.15) is 30.9 Å². The van der Waals surface area contributed by atoms with Crippen LogP contribution in [0.3, 0.4) is 0 Å². The highest BCUT2D eigenvalue weighted by Crippen LogP contribution is 2.38. The molecule has 0 bridgehead atoms. The van der Waals surface area contributed by atoms with Crippen molar-refractivity contribution in [2.24, 2.45) is 0 Å². The lowest BCUT2D eigenvalue weighted by atomic mass is 10.0. The van der Waals surface area contributed by atoms with Gasteiger partial charge >= 0.3 is 0 Å². The number of aromatic nitrogens is 2. The molecule has 130 valence electrons. The molecule has 4 heteroatoms. The molecule has 0 spiro atoms. The molecule has 4 rings (SSSR count). The van der Waals surface area contributed by atoms with Crippen molar-refractivity contribution in [3.8, 4) is 11.1 Å². The van der Waals surface area contributed by atoms with Crippen molar-refractivity contribution in [2.45, 2.75) is 26.7 Å². The Bertz CT molecular complexity index is 1050. The minimum absolute atomic E-state index is 0.440. The second kappa shape index (κ2) is 6.89. The molecule has 0 radical (unpaired) electrons. The summed E-state index contributed by atoms with van der Waals surface area (Å²) in [5, 5.41) is 6.81. The highest BCUT2D eigenvalue weighted by Gasteiger charge is 2.15. The van der Waals surface area contributed by atoms with Crippen LogP contribution in [0.25, 0.3) is 21.3 Å². The van der Waals surface area contributed by atoms with Gasteiger partial charge < -0.3 is 5.32 Å². The van der Waals surface area contributed by atoms with E-state index in [2.05, 4.69) is 90.0 Å². The minimum Gasteiger partial charge on any atom is -0.339 e. The molecule has 0 saturated heterocycles. The van der Waals surface area contributed by atoms with Gasteiger partial charge in [-0.05, 0) is 30.0 Å². The molecule has 3 nitrogen and oxygen atoms in total. The second-order valence-electron chi connectivity index (χ2n) is 6.78. The number of hydrogen-bond acceptors (Lipinski definition) is 4. The topological polar surface area (TPSA) is 37.8 Å². The third kappa shape index (κ3) is 3.08. The molecule has 26 heavy (non-hydrogen) atoms. The summed E-state index contributed by atoms with van der Waals surface area (Å²) in [6.07, 6.45) is 1.64. The molecule has 2 heterocycles. The van der Waals surface area contributed by atoms with E-state index in [4.69, 9.17) is 0 Å². The Morgan fingerprint density at radius 2 is 1.73 bits per heavy atom. The van der Waals surface area contributed by atoms with Crippen LogP contribution >= 0.6 is 11.3 Å². The van der Waals surface area contributed by atoms with Gasteiger partial charge in [0.25, 0.3) is 0 Å². The van der Waals surface area contributed by atoms with Crippen molar-refractivity contribution in [1.29, 1.82) is 0 Å². The van der Waals surface area contributed by atoms with Crippen molar-refractivity contribution in [1.82, 2.24) is 9.97 Å². The molecular weight excluding hydrogens is 338 g/mol. The average Bonchev–Trinajstić information content (AvgIpc) is 3.08. The Labute approximate surface area is 157 Å². The summed E-state index contributed by atoms with van der Waals surface area (Å²) in [5.41, 5.74) is 6.01. The smallest absolute Gasteiger partial charge is 0.143 e. The molecule has 0 fully saturated rings. The first-order valence-corrected chi connectivity index (χ1v) is 9.66. The van der Waals surface area contributed by atoms with Crippen LogP contribution in [-0.2, 0) is 0 Å². The summed E-state index contributed by atoms with van der Waals surface area (Å²) >= 11 is 1.66. The van der Waals surface area contributed by atoms with Gasteiger partial charge in [-0.3, -0.25) is 0 Å². The first kappa shape index (κ1) is 16.7. The van der Waals surface area contributed by atoms with Crippen molar-refractivity contribution in [3.05, 3.63) is 71.4 Å². The lowest BCUT2D eigenvalue weighted by Crippen LogP contribution is -2.00. The van der Waals surface area contributed by atoms with Gasteiger partial charge in [0, 0.05) is 16.6 Å². The third-order valence-corrected chi connectivity index (χ3v) is 5.46. The van der Waals surface area contributed by atoms with E-state index in [1.807, 2.05) is 0 Å². The van der Waals surface area contributed by atoms with E-state index in [0.29, 0.717) is 5.92 Å². The molecule has 0 saturated carbocycles. The van der Waals surface area contributed by atoms with E-state index >= 15 is 0 Å². The molecule has 2 aromatic carbocycles. The standard InChI is InChI=1S/C22H21N3S/c1-14(2)17-6-4-5-7-19(17)25-21-20-18(12-26-22(20)24-13-23-21)16-10-8-15(3)9-11-16/h4-14H,1-3H3,(H,23,24,25). The number of nitrogens with zero attached hydrogens (tertiary/aromatic N) is 2. The van der Waals surface area contributed by atoms with E-state index in [1.54, 1.807) is 17.7 Å². The maximum atomic E-state index is 4.56. The molecule has 0 aliphatic heterocycles. The van der Waals surface area contributed by atoms with E-state index in [9.17, 15) is 0 Å². The quantitative estimate of drug-likeness (QED) is 0.450. The Morgan fingerprint density at radius 1 is 0.962 bits per heavy atom. The van der Waals surface area contributed by atoms with Crippen LogP contribution in [0, 0.1) is 6.92 Å². The number of benzene rings is 2. The summed E-state index contributed by atoms with van der Waals surface area (Å²) < 4.78 is 0. The number of nitrogens with one attached hydrogen (secondary N) is 1. The first-order valence-electron chi connectivity index (χ1n) is 8.78. The predicted octanol–water partition coefficient (Wildman–Crippen LogP) is 6.53. The number of aryl methyl sites for hydroxylation is 1. The molecule has 4 aromatic rings. The number of anilines is 2. The van der Waals surface area contributed by atoms with E-state index < -0.39 is 0 Å². The number of fused-ring (bicyclic) bond motifs is 1. The average molecular weight is 359 g/mol. The summed E-state index contributed by atoms with van der Waals surface area (Å²) in [6, 6.07) is 17.0. The lowest BCUT2D eigenvalue weighted by Gasteiger charge is -2.15.